The Morgan fingerprint density at radius 1 is 1.44 bits per heavy atom. The lowest BCUT2D eigenvalue weighted by Crippen LogP contribution is -2.07. The van der Waals surface area contributed by atoms with Gasteiger partial charge in [-0.05, 0) is 24.5 Å². The molecule has 0 N–H and O–H groups in total. The van der Waals surface area contributed by atoms with Crippen LogP contribution in [-0.4, -0.2) is 27.8 Å². The molecule has 4 nitrogen and oxygen atoms in total. The molecule has 0 aromatic carbocycles. The van der Waals surface area contributed by atoms with Crippen LogP contribution in [0.3, 0.4) is 0 Å². The van der Waals surface area contributed by atoms with Crippen LogP contribution in [0.25, 0.3) is 5.65 Å². The molecule has 0 saturated carbocycles. The van der Waals surface area contributed by atoms with Gasteiger partial charge in [0.15, 0.2) is 5.65 Å². The van der Waals surface area contributed by atoms with Gasteiger partial charge < -0.3 is 4.74 Å². The zero-order valence-electron chi connectivity index (χ0n) is 8.77. The Bertz CT molecular complexity index is 505. The topological polar surface area (TPSA) is 39.4 Å². The minimum absolute atomic E-state index is 0.561. The number of rotatable bonds is 2. The Hall–Kier alpha value is -1.13. The second-order valence-electron chi connectivity index (χ2n) is 4.13. The Kier molecular flexibility index (Phi) is 2.53. The van der Waals surface area contributed by atoms with Crippen LogP contribution in [0.2, 0.25) is 5.02 Å². The molecule has 0 amide bonds. The third kappa shape index (κ3) is 1.79. The molecule has 84 valence electrons. The summed E-state index contributed by atoms with van der Waals surface area (Å²) in [5.74, 6) is 1.53. The van der Waals surface area contributed by atoms with Crippen LogP contribution < -0.4 is 0 Å². The fourth-order valence-corrected chi connectivity index (χ4v) is 2.21. The van der Waals surface area contributed by atoms with Gasteiger partial charge in [-0.2, -0.15) is 0 Å². The first-order valence-corrected chi connectivity index (χ1v) is 5.77. The maximum absolute atomic E-state index is 5.96. The SMILES string of the molecule is Clc1ccc2nnc(CC3CCOC3)n2c1. The van der Waals surface area contributed by atoms with Gasteiger partial charge in [0.1, 0.15) is 5.82 Å². The molecule has 1 fully saturated rings. The highest BCUT2D eigenvalue weighted by Gasteiger charge is 2.18. The number of ether oxygens (including phenoxy) is 1. The summed E-state index contributed by atoms with van der Waals surface area (Å²) in [5, 5.41) is 9.02. The summed E-state index contributed by atoms with van der Waals surface area (Å²) in [6.07, 6.45) is 3.87. The first-order chi connectivity index (χ1) is 7.83. The summed E-state index contributed by atoms with van der Waals surface area (Å²) in [6.45, 7) is 1.69. The van der Waals surface area contributed by atoms with Crippen LogP contribution in [0, 0.1) is 5.92 Å². The molecule has 0 aliphatic carbocycles. The third-order valence-corrected chi connectivity index (χ3v) is 3.16. The van der Waals surface area contributed by atoms with Crippen molar-refractivity contribution in [1.82, 2.24) is 14.6 Å². The number of hydrogen-bond acceptors (Lipinski definition) is 3. The number of fused-ring (bicyclic) bond motifs is 1. The molecule has 1 aliphatic heterocycles. The van der Waals surface area contributed by atoms with Gasteiger partial charge in [-0.3, -0.25) is 4.40 Å². The monoisotopic (exact) mass is 237 g/mol. The molecule has 2 aromatic rings. The highest BCUT2D eigenvalue weighted by atomic mass is 35.5. The summed E-state index contributed by atoms with van der Waals surface area (Å²) in [6, 6.07) is 3.71. The predicted octanol–water partition coefficient (Wildman–Crippen LogP) is 1.96. The van der Waals surface area contributed by atoms with Crippen molar-refractivity contribution in [3.63, 3.8) is 0 Å². The van der Waals surface area contributed by atoms with Crippen LogP contribution in [0.15, 0.2) is 18.3 Å². The molecule has 2 aromatic heterocycles. The Labute approximate surface area is 98.2 Å². The van der Waals surface area contributed by atoms with Gasteiger partial charge in [-0.15, -0.1) is 10.2 Å². The standard InChI is InChI=1S/C11H12ClN3O/c12-9-1-2-10-13-14-11(15(10)6-9)5-8-3-4-16-7-8/h1-2,6,8H,3-5,7H2. The summed E-state index contributed by atoms with van der Waals surface area (Å²) in [4.78, 5) is 0. The van der Waals surface area contributed by atoms with Crippen molar-refractivity contribution in [3.8, 4) is 0 Å². The quantitative estimate of drug-likeness (QED) is 0.802. The number of aromatic nitrogens is 3. The first-order valence-electron chi connectivity index (χ1n) is 5.40. The van der Waals surface area contributed by atoms with E-state index in [2.05, 4.69) is 10.2 Å². The van der Waals surface area contributed by atoms with Gasteiger partial charge in [0.25, 0.3) is 0 Å². The Balaban J connectivity index is 1.93. The molecular formula is C11H12ClN3O. The summed E-state index contributed by atoms with van der Waals surface area (Å²) < 4.78 is 7.32. The van der Waals surface area contributed by atoms with Crippen LogP contribution in [0.4, 0.5) is 0 Å². The summed E-state index contributed by atoms with van der Waals surface area (Å²) >= 11 is 5.96. The largest absolute Gasteiger partial charge is 0.381 e. The molecule has 3 rings (SSSR count). The fraction of sp³-hybridized carbons (Fsp3) is 0.455. The number of halogens is 1. The van der Waals surface area contributed by atoms with Crippen molar-refractivity contribution in [2.45, 2.75) is 12.8 Å². The maximum Gasteiger partial charge on any atom is 0.160 e. The van der Waals surface area contributed by atoms with Crippen LogP contribution >= 0.6 is 11.6 Å². The van der Waals surface area contributed by atoms with Gasteiger partial charge in [0.05, 0.1) is 5.02 Å². The van der Waals surface area contributed by atoms with E-state index in [0.717, 1.165) is 37.5 Å². The lowest BCUT2D eigenvalue weighted by molar-refractivity contribution is 0.185. The van der Waals surface area contributed by atoms with E-state index in [1.807, 2.05) is 22.7 Å². The van der Waals surface area contributed by atoms with Gasteiger partial charge in [0, 0.05) is 25.8 Å². The first kappa shape index (κ1) is 10.1. The molecule has 1 saturated heterocycles. The van der Waals surface area contributed by atoms with Gasteiger partial charge >= 0.3 is 0 Å². The number of pyridine rings is 1. The predicted molar refractivity (Wildman–Crippen MR) is 60.6 cm³/mol. The van der Waals surface area contributed by atoms with E-state index in [0.29, 0.717) is 10.9 Å². The molecule has 1 aliphatic rings. The molecule has 0 radical (unpaired) electrons. The normalized spacial score (nSPS) is 20.7. The molecule has 0 spiro atoms. The number of nitrogens with zero attached hydrogens (tertiary/aromatic N) is 3. The van der Waals surface area contributed by atoms with Crippen molar-refractivity contribution in [1.29, 1.82) is 0 Å². The zero-order chi connectivity index (χ0) is 11.0. The van der Waals surface area contributed by atoms with Crippen molar-refractivity contribution >= 4 is 17.2 Å². The molecule has 3 heterocycles. The van der Waals surface area contributed by atoms with E-state index in [1.54, 1.807) is 0 Å². The van der Waals surface area contributed by atoms with E-state index >= 15 is 0 Å². The smallest absolute Gasteiger partial charge is 0.160 e. The van der Waals surface area contributed by atoms with E-state index in [9.17, 15) is 0 Å². The zero-order valence-corrected chi connectivity index (χ0v) is 9.52. The van der Waals surface area contributed by atoms with Crippen molar-refractivity contribution in [2.75, 3.05) is 13.2 Å². The minimum atomic E-state index is 0.561. The van der Waals surface area contributed by atoms with E-state index in [-0.39, 0.29) is 0 Å². The second kappa shape index (κ2) is 4.03. The average Bonchev–Trinajstić information content (AvgIpc) is 2.90. The third-order valence-electron chi connectivity index (χ3n) is 2.93. The van der Waals surface area contributed by atoms with Crippen molar-refractivity contribution in [3.05, 3.63) is 29.2 Å². The van der Waals surface area contributed by atoms with Gasteiger partial charge in [0.2, 0.25) is 0 Å². The van der Waals surface area contributed by atoms with Crippen LogP contribution in [0.1, 0.15) is 12.2 Å². The van der Waals surface area contributed by atoms with Crippen LogP contribution in [-0.2, 0) is 11.2 Å². The van der Waals surface area contributed by atoms with E-state index in [1.165, 1.54) is 0 Å². The van der Waals surface area contributed by atoms with Crippen LogP contribution in [0.5, 0.6) is 0 Å². The van der Waals surface area contributed by atoms with Gasteiger partial charge in [-0.1, -0.05) is 11.6 Å². The lowest BCUT2D eigenvalue weighted by atomic mass is 10.1. The second-order valence-corrected chi connectivity index (χ2v) is 4.56. The average molecular weight is 238 g/mol. The maximum atomic E-state index is 5.96. The Morgan fingerprint density at radius 3 is 3.19 bits per heavy atom. The van der Waals surface area contributed by atoms with E-state index < -0.39 is 0 Å². The molecule has 5 heteroatoms. The van der Waals surface area contributed by atoms with Crippen molar-refractivity contribution in [2.24, 2.45) is 5.92 Å². The minimum Gasteiger partial charge on any atom is -0.381 e. The van der Waals surface area contributed by atoms with Gasteiger partial charge in [-0.25, -0.2) is 0 Å². The summed E-state index contributed by atoms with van der Waals surface area (Å²) in [5.41, 5.74) is 0.846. The highest BCUT2D eigenvalue weighted by Crippen LogP contribution is 2.18. The molecule has 1 unspecified atom stereocenters. The molecule has 16 heavy (non-hydrogen) atoms. The summed E-state index contributed by atoms with van der Waals surface area (Å²) in [7, 11) is 0. The lowest BCUT2D eigenvalue weighted by Gasteiger charge is -2.05. The molecule has 1 atom stereocenters. The van der Waals surface area contributed by atoms with E-state index in [4.69, 9.17) is 16.3 Å². The molecular weight excluding hydrogens is 226 g/mol. The Morgan fingerprint density at radius 2 is 2.38 bits per heavy atom. The highest BCUT2D eigenvalue weighted by molar-refractivity contribution is 6.30. The molecule has 0 bridgehead atoms. The van der Waals surface area contributed by atoms with Crippen molar-refractivity contribution < 1.29 is 4.74 Å². The fourth-order valence-electron chi connectivity index (χ4n) is 2.05. The number of hydrogen-bond donors (Lipinski definition) is 0.